The van der Waals surface area contributed by atoms with Crippen molar-refractivity contribution in [3.05, 3.63) is 29.8 Å². The fraction of sp³-hybridized carbons (Fsp3) is 0.462. The van der Waals surface area contributed by atoms with E-state index < -0.39 is 6.04 Å². The van der Waals surface area contributed by atoms with Gasteiger partial charge >= 0.3 is 0 Å². The quantitative estimate of drug-likeness (QED) is 0.718. The Bertz CT molecular complexity index is 308. The van der Waals surface area contributed by atoms with Gasteiger partial charge in [0.05, 0.1) is 12.6 Å². The van der Waals surface area contributed by atoms with Crippen molar-refractivity contribution in [2.75, 3.05) is 6.61 Å². The van der Waals surface area contributed by atoms with Crippen molar-refractivity contribution < 1.29 is 9.53 Å². The Kier molecular flexibility index (Phi) is 5.57. The molecular weight excluding hydrogens is 202 g/mol. The molecule has 0 amide bonds. The Labute approximate surface area is 96.6 Å². The summed E-state index contributed by atoms with van der Waals surface area (Å²) in [6.07, 6.45) is 5.19. The minimum Gasteiger partial charge on any atom is -0.494 e. The van der Waals surface area contributed by atoms with Crippen LogP contribution < -0.4 is 10.5 Å². The Morgan fingerprint density at radius 1 is 1.31 bits per heavy atom. The number of benzene rings is 1. The summed E-state index contributed by atoms with van der Waals surface area (Å²) in [6, 6.07) is 6.60. The van der Waals surface area contributed by atoms with Crippen LogP contribution in [-0.4, -0.2) is 12.9 Å². The smallest absolute Gasteiger partial charge is 0.221 e. The highest BCUT2D eigenvalue weighted by molar-refractivity contribution is 5.61. The summed E-state index contributed by atoms with van der Waals surface area (Å²) in [5.74, 6) is 0.818. The summed E-state index contributed by atoms with van der Waals surface area (Å²) in [5.41, 5.74) is 6.28. The minimum atomic E-state index is -0.658. The number of carbonyl (C=O) groups excluding carboxylic acids is 1. The second-order valence-corrected chi connectivity index (χ2v) is 3.72. The molecule has 0 spiro atoms. The molecule has 16 heavy (non-hydrogen) atoms. The number of hydrogen-bond donors (Lipinski definition) is 1. The minimum absolute atomic E-state index is 0.658. The van der Waals surface area contributed by atoms with Gasteiger partial charge in [0.15, 0.2) is 0 Å². The molecule has 0 saturated heterocycles. The summed E-state index contributed by atoms with van der Waals surface area (Å²) in [7, 11) is 0. The maximum atomic E-state index is 10.4. The predicted molar refractivity (Wildman–Crippen MR) is 64.1 cm³/mol. The number of rotatable bonds is 7. The number of unbranched alkanes of at least 4 members (excludes halogenated alkanes) is 2. The standard InChI is InChI=1S/C13H18NO2/c1-2-3-4-9-16-12-7-5-11(6-8-12)13(14)10-15/h5-8,13H,2-4,9,14H2,1H3. The van der Waals surface area contributed by atoms with Gasteiger partial charge in [-0.25, -0.2) is 0 Å². The lowest BCUT2D eigenvalue weighted by molar-refractivity contribution is 0.306. The van der Waals surface area contributed by atoms with Crippen molar-refractivity contribution in [3.8, 4) is 5.75 Å². The maximum Gasteiger partial charge on any atom is 0.221 e. The van der Waals surface area contributed by atoms with Crippen LogP contribution in [0.3, 0.4) is 0 Å². The lowest BCUT2D eigenvalue weighted by Gasteiger charge is -2.07. The summed E-state index contributed by atoms with van der Waals surface area (Å²) in [4.78, 5) is 10.4. The van der Waals surface area contributed by atoms with Crippen LogP contribution in [0, 0.1) is 0 Å². The first-order valence-corrected chi connectivity index (χ1v) is 5.64. The molecular formula is C13H18NO2. The van der Waals surface area contributed by atoms with Crippen LogP contribution >= 0.6 is 0 Å². The Balaban J connectivity index is 2.42. The van der Waals surface area contributed by atoms with Gasteiger partial charge in [-0.3, -0.25) is 4.79 Å². The van der Waals surface area contributed by atoms with Crippen LogP contribution in [-0.2, 0) is 4.79 Å². The predicted octanol–water partition coefficient (Wildman–Crippen LogP) is 2.37. The average Bonchev–Trinajstić information content (AvgIpc) is 2.34. The van der Waals surface area contributed by atoms with Crippen molar-refractivity contribution in [1.82, 2.24) is 0 Å². The molecule has 0 aliphatic heterocycles. The van der Waals surface area contributed by atoms with Crippen LogP contribution in [0.15, 0.2) is 24.3 Å². The van der Waals surface area contributed by atoms with Crippen LogP contribution in [0.5, 0.6) is 5.75 Å². The summed E-state index contributed by atoms with van der Waals surface area (Å²) in [6.45, 7) is 2.89. The van der Waals surface area contributed by atoms with Crippen LogP contribution in [0.4, 0.5) is 0 Å². The number of ether oxygens (including phenoxy) is 1. The van der Waals surface area contributed by atoms with Crippen LogP contribution in [0.2, 0.25) is 0 Å². The normalized spacial score (nSPS) is 12.1. The van der Waals surface area contributed by atoms with E-state index in [1.54, 1.807) is 18.4 Å². The molecule has 1 unspecified atom stereocenters. The molecule has 1 rings (SSSR count). The molecule has 87 valence electrons. The third-order valence-corrected chi connectivity index (χ3v) is 2.38. The molecule has 0 fully saturated rings. The first kappa shape index (κ1) is 12.7. The lowest BCUT2D eigenvalue weighted by atomic mass is 10.1. The largest absolute Gasteiger partial charge is 0.494 e. The summed E-state index contributed by atoms with van der Waals surface area (Å²) in [5, 5.41) is 0. The summed E-state index contributed by atoms with van der Waals surface area (Å²) >= 11 is 0. The monoisotopic (exact) mass is 220 g/mol. The lowest BCUT2D eigenvalue weighted by Crippen LogP contribution is -2.10. The van der Waals surface area contributed by atoms with Crippen molar-refractivity contribution in [2.24, 2.45) is 5.73 Å². The Hall–Kier alpha value is -1.35. The van der Waals surface area contributed by atoms with Gasteiger partial charge in [0.25, 0.3) is 0 Å². The molecule has 0 aromatic heterocycles. The van der Waals surface area contributed by atoms with Crippen LogP contribution in [0.1, 0.15) is 37.8 Å². The van der Waals surface area contributed by atoms with E-state index in [9.17, 15) is 4.79 Å². The zero-order valence-electron chi connectivity index (χ0n) is 9.61. The third-order valence-electron chi connectivity index (χ3n) is 2.38. The molecule has 0 bridgehead atoms. The maximum absolute atomic E-state index is 10.4. The fourth-order valence-corrected chi connectivity index (χ4v) is 1.38. The van der Waals surface area contributed by atoms with E-state index in [0.717, 1.165) is 24.3 Å². The second kappa shape index (κ2) is 7.01. The molecule has 3 heteroatoms. The topological polar surface area (TPSA) is 52.3 Å². The SMILES string of the molecule is CCCCCOc1ccc(C(N)[C]=O)cc1. The van der Waals surface area contributed by atoms with E-state index >= 15 is 0 Å². The zero-order chi connectivity index (χ0) is 11.8. The van der Waals surface area contributed by atoms with Gasteiger partial charge in [-0.1, -0.05) is 31.9 Å². The first-order chi connectivity index (χ1) is 7.77. The number of hydrogen-bond acceptors (Lipinski definition) is 3. The van der Waals surface area contributed by atoms with Crippen molar-refractivity contribution >= 4 is 6.29 Å². The summed E-state index contributed by atoms with van der Waals surface area (Å²) < 4.78 is 5.54. The van der Waals surface area contributed by atoms with Gasteiger partial charge in [-0.15, -0.1) is 0 Å². The molecule has 0 heterocycles. The van der Waals surface area contributed by atoms with Crippen LogP contribution in [0.25, 0.3) is 0 Å². The second-order valence-electron chi connectivity index (χ2n) is 3.72. The molecule has 3 nitrogen and oxygen atoms in total. The van der Waals surface area contributed by atoms with E-state index in [-0.39, 0.29) is 0 Å². The van der Waals surface area contributed by atoms with Crippen molar-refractivity contribution in [2.45, 2.75) is 32.2 Å². The third kappa shape index (κ3) is 4.03. The Morgan fingerprint density at radius 3 is 2.56 bits per heavy atom. The molecule has 0 aliphatic rings. The highest BCUT2D eigenvalue weighted by Gasteiger charge is 2.04. The molecule has 1 aromatic carbocycles. The van der Waals surface area contributed by atoms with E-state index in [1.807, 2.05) is 12.1 Å². The number of nitrogens with two attached hydrogens (primary N) is 1. The van der Waals surface area contributed by atoms with Gasteiger partial charge in [0.2, 0.25) is 6.29 Å². The van der Waals surface area contributed by atoms with Gasteiger partial charge in [-0.2, -0.15) is 0 Å². The molecule has 1 aromatic rings. The van der Waals surface area contributed by atoms with E-state index in [4.69, 9.17) is 10.5 Å². The average molecular weight is 220 g/mol. The first-order valence-electron chi connectivity index (χ1n) is 5.64. The van der Waals surface area contributed by atoms with Gasteiger partial charge in [0.1, 0.15) is 5.75 Å². The molecule has 0 aliphatic carbocycles. The van der Waals surface area contributed by atoms with Gasteiger partial charge in [0, 0.05) is 0 Å². The molecule has 1 radical (unpaired) electrons. The molecule has 1 atom stereocenters. The highest BCUT2D eigenvalue weighted by atomic mass is 16.5. The fourth-order valence-electron chi connectivity index (χ4n) is 1.38. The highest BCUT2D eigenvalue weighted by Crippen LogP contribution is 2.15. The zero-order valence-corrected chi connectivity index (χ0v) is 9.61. The molecule has 2 N–H and O–H groups in total. The Morgan fingerprint density at radius 2 is 2.00 bits per heavy atom. The molecule has 0 saturated carbocycles. The van der Waals surface area contributed by atoms with Crippen molar-refractivity contribution in [1.29, 1.82) is 0 Å². The van der Waals surface area contributed by atoms with E-state index in [2.05, 4.69) is 6.92 Å². The van der Waals surface area contributed by atoms with Gasteiger partial charge < -0.3 is 10.5 Å². The van der Waals surface area contributed by atoms with Crippen molar-refractivity contribution in [3.63, 3.8) is 0 Å². The van der Waals surface area contributed by atoms with E-state index in [0.29, 0.717) is 0 Å². The van der Waals surface area contributed by atoms with Gasteiger partial charge in [-0.05, 0) is 24.1 Å². The van der Waals surface area contributed by atoms with E-state index in [1.165, 1.54) is 12.8 Å².